The average molecular weight is 457 g/mol. The van der Waals surface area contributed by atoms with Crippen molar-refractivity contribution >= 4 is 0 Å². The zero-order chi connectivity index (χ0) is 24.1. The first-order valence-corrected chi connectivity index (χ1v) is 13.7. The van der Waals surface area contributed by atoms with Crippen LogP contribution in [0.1, 0.15) is 99.3 Å². The Hall–Kier alpha value is -0.640. The summed E-state index contributed by atoms with van der Waals surface area (Å²) in [6.07, 6.45) is 14.4. The molecule has 3 N–H and O–H groups in total. The van der Waals surface area contributed by atoms with E-state index in [0.717, 1.165) is 44.9 Å². The summed E-state index contributed by atoms with van der Waals surface area (Å²) in [4.78, 5) is 0. The Labute approximate surface area is 201 Å². The zero-order valence-corrected chi connectivity index (χ0v) is 22.0. The molecule has 3 heteroatoms. The van der Waals surface area contributed by atoms with E-state index in [4.69, 9.17) is 0 Å². The summed E-state index contributed by atoms with van der Waals surface area (Å²) in [5, 5.41) is 31.9. The van der Waals surface area contributed by atoms with Gasteiger partial charge in [-0.15, -0.1) is 0 Å². The second-order valence-corrected chi connectivity index (χ2v) is 14.5. The van der Waals surface area contributed by atoms with Gasteiger partial charge >= 0.3 is 0 Å². The fraction of sp³-hybridized carbons (Fsp3) is 0.867. The minimum atomic E-state index is -0.425. The number of fused-ring (bicyclic) bond motifs is 7. The van der Waals surface area contributed by atoms with Crippen molar-refractivity contribution in [3.63, 3.8) is 0 Å². The summed E-state index contributed by atoms with van der Waals surface area (Å²) >= 11 is 0. The zero-order valence-electron chi connectivity index (χ0n) is 22.0. The lowest BCUT2D eigenvalue weighted by Crippen LogP contribution is -2.62. The van der Waals surface area contributed by atoms with E-state index in [1.165, 1.54) is 12.8 Å². The topological polar surface area (TPSA) is 60.7 Å². The third kappa shape index (κ3) is 2.91. The van der Waals surface area contributed by atoms with E-state index >= 15 is 0 Å². The molecule has 0 aromatic carbocycles. The fourth-order valence-corrected chi connectivity index (χ4v) is 9.97. The van der Waals surface area contributed by atoms with Gasteiger partial charge in [-0.2, -0.15) is 0 Å². The van der Waals surface area contributed by atoms with Crippen molar-refractivity contribution < 1.29 is 15.3 Å². The molecule has 5 aliphatic rings. The first-order chi connectivity index (χ1) is 15.3. The molecule has 4 fully saturated rings. The molecule has 4 saturated carbocycles. The third-order valence-corrected chi connectivity index (χ3v) is 12.6. The molecule has 0 saturated heterocycles. The number of allylic oxidation sites excluding steroid dienone is 4. The molecule has 8 atom stereocenters. The Morgan fingerprint density at radius 2 is 1.48 bits per heavy atom. The molecule has 0 aromatic rings. The third-order valence-electron chi connectivity index (χ3n) is 12.6. The van der Waals surface area contributed by atoms with E-state index in [9.17, 15) is 15.3 Å². The number of hydrogen-bond donors (Lipinski definition) is 3. The van der Waals surface area contributed by atoms with Crippen molar-refractivity contribution in [1.82, 2.24) is 0 Å². The van der Waals surface area contributed by atoms with Gasteiger partial charge in [0, 0.05) is 17.4 Å². The molecule has 0 spiro atoms. The van der Waals surface area contributed by atoms with Gasteiger partial charge in [0.15, 0.2) is 0 Å². The van der Waals surface area contributed by atoms with E-state index < -0.39 is 11.5 Å². The molecule has 0 aromatic heterocycles. The van der Waals surface area contributed by atoms with Crippen LogP contribution in [0.2, 0.25) is 0 Å². The van der Waals surface area contributed by atoms with Gasteiger partial charge in [0.05, 0.1) is 12.7 Å². The van der Waals surface area contributed by atoms with E-state index in [0.29, 0.717) is 23.9 Å². The summed E-state index contributed by atoms with van der Waals surface area (Å²) in [5.41, 5.74) is 3.41. The molecule has 0 aliphatic heterocycles. The second-order valence-electron chi connectivity index (χ2n) is 14.5. The Bertz CT molecular complexity index is 887. The van der Waals surface area contributed by atoms with Crippen LogP contribution in [0.5, 0.6) is 0 Å². The minimum Gasteiger partial charge on any atom is -0.396 e. The molecule has 186 valence electrons. The highest BCUT2D eigenvalue weighted by Crippen LogP contribution is 2.74. The highest BCUT2D eigenvalue weighted by molar-refractivity contribution is 5.45. The highest BCUT2D eigenvalue weighted by atomic mass is 16.3. The van der Waals surface area contributed by atoms with Gasteiger partial charge in [-0.25, -0.2) is 0 Å². The van der Waals surface area contributed by atoms with Gasteiger partial charge < -0.3 is 15.3 Å². The maximum atomic E-state index is 10.9. The van der Waals surface area contributed by atoms with Crippen LogP contribution in [0.15, 0.2) is 23.3 Å². The van der Waals surface area contributed by atoms with E-state index in [-0.39, 0.29) is 28.3 Å². The van der Waals surface area contributed by atoms with Crippen molar-refractivity contribution in [2.24, 2.45) is 44.3 Å². The highest BCUT2D eigenvalue weighted by Gasteiger charge is 2.66. The maximum Gasteiger partial charge on any atom is 0.0619 e. The number of hydrogen-bond acceptors (Lipinski definition) is 3. The quantitative estimate of drug-likeness (QED) is 0.475. The van der Waals surface area contributed by atoms with Gasteiger partial charge in [-0.1, -0.05) is 64.8 Å². The molecule has 3 nitrogen and oxygen atoms in total. The summed E-state index contributed by atoms with van der Waals surface area (Å²) in [6, 6.07) is 0. The van der Waals surface area contributed by atoms with Gasteiger partial charge in [-0.05, 0) is 91.3 Å². The SMILES string of the molecule is CC1(C)CC[C@]2(CO)CC[C@]3(C)C(=CC=C4[C@@]5(C)CC[C@H](O)[C@@](C)(CO)[C@@H]5CC[C@]43C)[C@@H]2C1. The van der Waals surface area contributed by atoms with E-state index in [1.807, 2.05) is 0 Å². The van der Waals surface area contributed by atoms with Gasteiger partial charge in [0.25, 0.3) is 0 Å². The molecule has 0 radical (unpaired) electrons. The van der Waals surface area contributed by atoms with Crippen LogP contribution < -0.4 is 0 Å². The van der Waals surface area contributed by atoms with Gasteiger partial charge in [0.1, 0.15) is 0 Å². The Kier molecular flexibility index (Phi) is 5.25. The van der Waals surface area contributed by atoms with Crippen LogP contribution in [0, 0.1) is 44.3 Å². The Balaban J connectivity index is 1.63. The predicted octanol–water partition coefficient (Wildman–Crippen LogP) is 6.03. The molecule has 0 amide bonds. The Morgan fingerprint density at radius 3 is 2.15 bits per heavy atom. The second kappa shape index (κ2) is 7.20. The molecule has 0 unspecified atom stereocenters. The summed E-state index contributed by atoms with van der Waals surface area (Å²) < 4.78 is 0. The molecular formula is C30H48O3. The van der Waals surface area contributed by atoms with Crippen molar-refractivity contribution in [3.8, 4) is 0 Å². The summed E-state index contributed by atoms with van der Waals surface area (Å²) in [6.45, 7) is 14.9. The normalized spacial score (nSPS) is 53.1. The molecule has 33 heavy (non-hydrogen) atoms. The van der Waals surface area contributed by atoms with Crippen molar-refractivity contribution in [2.75, 3.05) is 13.2 Å². The van der Waals surface area contributed by atoms with E-state index in [2.05, 4.69) is 53.7 Å². The largest absolute Gasteiger partial charge is 0.396 e. The van der Waals surface area contributed by atoms with Crippen LogP contribution in [0.3, 0.4) is 0 Å². The predicted molar refractivity (Wildman–Crippen MR) is 134 cm³/mol. The van der Waals surface area contributed by atoms with Crippen LogP contribution in [-0.2, 0) is 0 Å². The number of rotatable bonds is 2. The van der Waals surface area contributed by atoms with Gasteiger partial charge in [-0.3, -0.25) is 0 Å². The summed E-state index contributed by atoms with van der Waals surface area (Å²) in [7, 11) is 0. The lowest BCUT2D eigenvalue weighted by Gasteiger charge is -2.68. The molecule has 5 aliphatic carbocycles. The van der Waals surface area contributed by atoms with Crippen LogP contribution in [0.25, 0.3) is 0 Å². The van der Waals surface area contributed by atoms with Crippen LogP contribution >= 0.6 is 0 Å². The van der Waals surface area contributed by atoms with Crippen LogP contribution in [-0.4, -0.2) is 34.6 Å². The maximum absolute atomic E-state index is 10.9. The average Bonchev–Trinajstić information content (AvgIpc) is 2.77. The molecule has 0 bridgehead atoms. The smallest absolute Gasteiger partial charge is 0.0619 e. The number of aliphatic hydroxyl groups is 3. The Morgan fingerprint density at radius 1 is 0.788 bits per heavy atom. The van der Waals surface area contributed by atoms with Gasteiger partial charge in [0.2, 0.25) is 0 Å². The first-order valence-electron chi connectivity index (χ1n) is 13.7. The lowest BCUT2D eigenvalue weighted by molar-refractivity contribution is -0.150. The van der Waals surface area contributed by atoms with Crippen molar-refractivity contribution in [3.05, 3.63) is 23.3 Å². The van der Waals surface area contributed by atoms with Crippen molar-refractivity contribution in [1.29, 1.82) is 0 Å². The molecule has 0 heterocycles. The number of aliphatic hydroxyl groups excluding tert-OH is 3. The standard InChI is InChI=1S/C30H48O3/c1-25(2)13-15-30(19-32)16-14-28(5)20(21(30)17-25)7-8-23-26(3)11-10-24(33)27(4,18-31)22(26)9-12-29(23,28)6/h7-8,21-22,24,31-33H,9-19H2,1-6H3/t21-,22+,24-,26-,27-,28+,29+,30+/m0/s1. The van der Waals surface area contributed by atoms with Crippen molar-refractivity contribution in [2.45, 2.75) is 105 Å². The molecule has 5 rings (SSSR count). The lowest BCUT2D eigenvalue weighted by atomic mass is 9.36. The fourth-order valence-electron chi connectivity index (χ4n) is 9.97. The minimum absolute atomic E-state index is 0.0199. The van der Waals surface area contributed by atoms with E-state index in [1.54, 1.807) is 11.1 Å². The van der Waals surface area contributed by atoms with Crippen LogP contribution in [0.4, 0.5) is 0 Å². The first kappa shape index (κ1) is 24.1. The summed E-state index contributed by atoms with van der Waals surface area (Å²) in [5.74, 6) is 0.784. The monoisotopic (exact) mass is 456 g/mol. The molecular weight excluding hydrogens is 408 g/mol.